The van der Waals surface area contributed by atoms with Crippen LogP contribution < -0.4 is 5.32 Å². The zero-order chi connectivity index (χ0) is 17.1. The maximum absolute atomic E-state index is 12.1. The van der Waals surface area contributed by atoms with Crippen molar-refractivity contribution in [2.75, 3.05) is 6.54 Å². The first-order chi connectivity index (χ1) is 12.3. The van der Waals surface area contributed by atoms with Gasteiger partial charge in [0.15, 0.2) is 5.65 Å². The molecule has 3 aromatic heterocycles. The van der Waals surface area contributed by atoms with Crippen LogP contribution in [-0.2, 0) is 6.42 Å². The van der Waals surface area contributed by atoms with Crippen molar-refractivity contribution in [2.45, 2.75) is 6.42 Å². The number of amides is 1. The Morgan fingerprint density at radius 1 is 1.12 bits per heavy atom. The summed E-state index contributed by atoms with van der Waals surface area (Å²) in [5.74, 6) is 0.826. The summed E-state index contributed by atoms with van der Waals surface area (Å²) in [6, 6.07) is 15.7. The highest BCUT2D eigenvalue weighted by molar-refractivity contribution is 7.08. The number of fused-ring (bicyclic) bond motifs is 1. The lowest BCUT2D eigenvalue weighted by Crippen LogP contribution is -2.26. The van der Waals surface area contributed by atoms with Crippen LogP contribution in [0.5, 0.6) is 0 Å². The molecule has 0 saturated carbocycles. The second kappa shape index (κ2) is 6.86. The molecular weight excluding hydrogens is 332 g/mol. The molecule has 0 atom stereocenters. The van der Waals surface area contributed by atoms with Crippen LogP contribution in [0.15, 0.2) is 65.5 Å². The van der Waals surface area contributed by atoms with E-state index >= 15 is 0 Å². The molecule has 0 aliphatic rings. The molecule has 124 valence electrons. The monoisotopic (exact) mass is 348 g/mol. The zero-order valence-corrected chi connectivity index (χ0v) is 14.2. The van der Waals surface area contributed by atoms with Gasteiger partial charge in [-0.2, -0.15) is 11.3 Å². The van der Waals surface area contributed by atoms with Crippen molar-refractivity contribution in [1.82, 2.24) is 19.9 Å². The second-order valence-corrected chi connectivity index (χ2v) is 6.34. The normalized spacial score (nSPS) is 10.9. The Hall–Kier alpha value is -2.99. The average Bonchev–Trinajstić information content (AvgIpc) is 3.30. The molecule has 0 bridgehead atoms. The minimum atomic E-state index is -0.0539. The summed E-state index contributed by atoms with van der Waals surface area (Å²) in [6.07, 6.45) is 2.40. The summed E-state index contributed by atoms with van der Waals surface area (Å²) in [5.41, 5.74) is 3.39. The molecule has 0 spiro atoms. The Morgan fingerprint density at radius 2 is 2.00 bits per heavy atom. The highest BCUT2D eigenvalue weighted by atomic mass is 32.1. The van der Waals surface area contributed by atoms with Gasteiger partial charge in [-0.3, -0.25) is 9.36 Å². The van der Waals surface area contributed by atoms with Crippen molar-refractivity contribution < 1.29 is 4.79 Å². The number of hydrogen-bond donors (Lipinski definition) is 1. The lowest BCUT2D eigenvalue weighted by Gasteiger charge is -2.09. The Balaban J connectivity index is 1.60. The Morgan fingerprint density at radius 3 is 2.80 bits per heavy atom. The van der Waals surface area contributed by atoms with Crippen molar-refractivity contribution in [3.05, 3.63) is 76.9 Å². The van der Waals surface area contributed by atoms with Gasteiger partial charge in [-0.1, -0.05) is 18.2 Å². The molecule has 1 N–H and O–H groups in total. The molecule has 0 unspecified atom stereocenters. The van der Waals surface area contributed by atoms with Crippen LogP contribution in [0.2, 0.25) is 0 Å². The van der Waals surface area contributed by atoms with Gasteiger partial charge in [0.25, 0.3) is 5.91 Å². The first-order valence-electron chi connectivity index (χ1n) is 8.01. The number of carbonyl (C=O) groups is 1. The van der Waals surface area contributed by atoms with Crippen molar-refractivity contribution in [1.29, 1.82) is 0 Å². The summed E-state index contributed by atoms with van der Waals surface area (Å²) in [7, 11) is 0. The first-order valence-corrected chi connectivity index (χ1v) is 8.95. The smallest absolute Gasteiger partial charge is 0.252 e. The third kappa shape index (κ3) is 3.16. The van der Waals surface area contributed by atoms with Gasteiger partial charge in [-0.25, -0.2) is 9.97 Å². The molecule has 3 heterocycles. The average molecular weight is 348 g/mol. The van der Waals surface area contributed by atoms with Crippen LogP contribution >= 0.6 is 11.3 Å². The molecular formula is C19H16N4OS. The summed E-state index contributed by atoms with van der Waals surface area (Å²) in [6.45, 7) is 0.519. The Bertz CT molecular complexity index is 993. The standard InChI is InChI=1S/C19H16N4OS/c24-19(14-9-12-25-13-14)21-11-8-17-22-16-7-4-10-20-18(16)23(17)15-5-2-1-3-6-15/h1-7,9-10,12-13H,8,11H2,(H,21,24). The van der Waals surface area contributed by atoms with Gasteiger partial charge in [0.2, 0.25) is 0 Å². The van der Waals surface area contributed by atoms with Crippen molar-refractivity contribution in [2.24, 2.45) is 0 Å². The van der Waals surface area contributed by atoms with Gasteiger partial charge in [-0.15, -0.1) is 0 Å². The largest absolute Gasteiger partial charge is 0.352 e. The number of nitrogens with one attached hydrogen (secondary N) is 1. The van der Waals surface area contributed by atoms with Crippen molar-refractivity contribution in [3.8, 4) is 5.69 Å². The topological polar surface area (TPSA) is 59.8 Å². The molecule has 5 nitrogen and oxygen atoms in total. The lowest BCUT2D eigenvalue weighted by atomic mass is 10.3. The number of imidazole rings is 1. The van der Waals surface area contributed by atoms with E-state index in [2.05, 4.69) is 10.3 Å². The maximum atomic E-state index is 12.1. The van der Waals surface area contributed by atoms with E-state index in [1.165, 1.54) is 11.3 Å². The highest BCUT2D eigenvalue weighted by Gasteiger charge is 2.13. The number of hydrogen-bond acceptors (Lipinski definition) is 4. The van der Waals surface area contributed by atoms with Crippen LogP contribution in [-0.4, -0.2) is 27.0 Å². The number of carbonyl (C=O) groups excluding carboxylic acids is 1. The predicted octanol–water partition coefficient (Wildman–Crippen LogP) is 3.45. The fourth-order valence-electron chi connectivity index (χ4n) is 2.76. The molecule has 1 aromatic carbocycles. The molecule has 1 amide bonds. The lowest BCUT2D eigenvalue weighted by molar-refractivity contribution is 0.0954. The van der Waals surface area contributed by atoms with Gasteiger partial charge in [-0.05, 0) is 35.7 Å². The number of rotatable bonds is 5. The summed E-state index contributed by atoms with van der Waals surface area (Å²) in [5, 5.41) is 6.69. The number of benzene rings is 1. The van der Waals surface area contributed by atoms with Crippen LogP contribution in [0.3, 0.4) is 0 Å². The number of para-hydroxylation sites is 1. The van der Waals surface area contributed by atoms with E-state index in [1.54, 1.807) is 6.20 Å². The summed E-state index contributed by atoms with van der Waals surface area (Å²) < 4.78 is 2.05. The van der Waals surface area contributed by atoms with Crippen LogP contribution in [0, 0.1) is 0 Å². The van der Waals surface area contributed by atoms with Crippen LogP contribution in [0.25, 0.3) is 16.9 Å². The molecule has 0 fully saturated rings. The fraction of sp³-hybridized carbons (Fsp3) is 0.105. The van der Waals surface area contributed by atoms with E-state index in [9.17, 15) is 4.79 Å². The second-order valence-electron chi connectivity index (χ2n) is 5.56. The van der Waals surface area contributed by atoms with Gasteiger partial charge < -0.3 is 5.32 Å². The van der Waals surface area contributed by atoms with Gasteiger partial charge in [0, 0.05) is 35.8 Å². The van der Waals surface area contributed by atoms with Gasteiger partial charge in [0.05, 0.1) is 0 Å². The molecule has 4 rings (SSSR count). The zero-order valence-electron chi connectivity index (χ0n) is 13.4. The quantitative estimate of drug-likeness (QED) is 0.601. The molecule has 0 aliphatic heterocycles. The highest BCUT2D eigenvalue weighted by Crippen LogP contribution is 2.19. The van der Waals surface area contributed by atoms with E-state index < -0.39 is 0 Å². The van der Waals surface area contributed by atoms with Crippen LogP contribution in [0.1, 0.15) is 16.2 Å². The van der Waals surface area contributed by atoms with E-state index in [0.717, 1.165) is 22.7 Å². The summed E-state index contributed by atoms with van der Waals surface area (Å²) in [4.78, 5) is 21.3. The third-order valence-corrected chi connectivity index (χ3v) is 4.60. The van der Waals surface area contributed by atoms with Crippen molar-refractivity contribution in [3.63, 3.8) is 0 Å². The summed E-state index contributed by atoms with van der Waals surface area (Å²) >= 11 is 1.51. The Kier molecular flexibility index (Phi) is 4.26. The SMILES string of the molecule is O=C(NCCc1nc2cccnc2n1-c1ccccc1)c1ccsc1. The Labute approximate surface area is 149 Å². The van der Waals surface area contributed by atoms with E-state index in [1.807, 2.05) is 63.9 Å². The van der Waals surface area contributed by atoms with E-state index in [4.69, 9.17) is 4.98 Å². The molecule has 0 radical (unpaired) electrons. The number of aromatic nitrogens is 3. The first kappa shape index (κ1) is 15.5. The number of thiophene rings is 1. The fourth-order valence-corrected chi connectivity index (χ4v) is 3.39. The van der Waals surface area contributed by atoms with Crippen LogP contribution in [0.4, 0.5) is 0 Å². The van der Waals surface area contributed by atoms with Gasteiger partial charge in [0.1, 0.15) is 11.3 Å². The predicted molar refractivity (Wildman–Crippen MR) is 99.2 cm³/mol. The minimum absolute atomic E-state index is 0.0539. The molecule has 0 saturated heterocycles. The van der Waals surface area contributed by atoms with Crippen molar-refractivity contribution >= 4 is 28.4 Å². The molecule has 6 heteroatoms. The number of pyridine rings is 1. The molecule has 4 aromatic rings. The van der Waals surface area contributed by atoms with E-state index in [-0.39, 0.29) is 5.91 Å². The minimum Gasteiger partial charge on any atom is -0.352 e. The van der Waals surface area contributed by atoms with Gasteiger partial charge >= 0.3 is 0 Å². The third-order valence-electron chi connectivity index (χ3n) is 3.92. The number of nitrogens with zero attached hydrogens (tertiary/aromatic N) is 3. The molecule has 0 aliphatic carbocycles. The van der Waals surface area contributed by atoms with E-state index in [0.29, 0.717) is 18.5 Å². The maximum Gasteiger partial charge on any atom is 0.252 e. The molecule has 25 heavy (non-hydrogen) atoms.